The first-order valence-corrected chi connectivity index (χ1v) is 3.76. The van der Waals surface area contributed by atoms with Gasteiger partial charge in [0.2, 0.25) is 0 Å². The van der Waals surface area contributed by atoms with Crippen LogP contribution < -0.4 is 0 Å². The summed E-state index contributed by atoms with van der Waals surface area (Å²) >= 11 is 0. The maximum atomic E-state index is 9.11. The van der Waals surface area contributed by atoms with Gasteiger partial charge < -0.3 is 10.2 Å². The molecule has 0 aromatic carbocycles. The van der Waals surface area contributed by atoms with Crippen LogP contribution in [-0.4, -0.2) is 74.3 Å². The molecule has 62 valence electrons. The summed E-state index contributed by atoms with van der Waals surface area (Å²) in [4.78, 5) is 0. The molecule has 0 radical (unpaired) electrons. The number of hydrogen-bond acceptors (Lipinski definition) is 2. The predicted molar refractivity (Wildman–Crippen MR) is 48.9 cm³/mol. The molecule has 0 aromatic rings. The Hall–Kier alpha value is 1.30. The first-order valence-electron chi connectivity index (χ1n) is 3.76. The van der Waals surface area contributed by atoms with Crippen molar-refractivity contribution < 1.29 is 10.2 Å². The summed E-state index contributed by atoms with van der Waals surface area (Å²) in [5.74, 6) is 0. The van der Waals surface area contributed by atoms with Crippen LogP contribution in [0.1, 0.15) is 26.2 Å². The van der Waals surface area contributed by atoms with E-state index in [2.05, 4.69) is 0 Å². The summed E-state index contributed by atoms with van der Waals surface area (Å²) < 4.78 is 0. The molecular formula is C8H17KO2. The molecule has 0 bridgehead atoms. The van der Waals surface area contributed by atoms with Crippen LogP contribution in [0.15, 0.2) is 12.2 Å². The van der Waals surface area contributed by atoms with Gasteiger partial charge in [0.05, 0.1) is 6.10 Å². The summed E-state index contributed by atoms with van der Waals surface area (Å²) in [6.07, 6.45) is 5.66. The predicted octanol–water partition coefficient (Wildman–Crippen LogP) is 0.437. The third-order valence-corrected chi connectivity index (χ3v) is 1.24. The third kappa shape index (κ3) is 11.3. The minimum absolute atomic E-state index is 0. The van der Waals surface area contributed by atoms with Gasteiger partial charge in [-0.05, 0) is 12.8 Å². The zero-order valence-corrected chi connectivity index (χ0v) is 6.45. The topological polar surface area (TPSA) is 40.5 Å². The normalized spacial score (nSPS) is 13.0. The zero-order chi connectivity index (χ0) is 7.82. The van der Waals surface area contributed by atoms with Gasteiger partial charge >= 0.3 is 51.4 Å². The van der Waals surface area contributed by atoms with Gasteiger partial charge in [-0.15, -0.1) is 0 Å². The van der Waals surface area contributed by atoms with Crippen molar-refractivity contribution in [1.82, 2.24) is 0 Å². The molecular weight excluding hydrogens is 167 g/mol. The fourth-order valence-electron chi connectivity index (χ4n) is 0.720. The average molecular weight is 184 g/mol. The second-order valence-corrected chi connectivity index (χ2v) is 2.30. The first-order chi connectivity index (χ1) is 4.81. The maximum absolute atomic E-state index is 9.11. The van der Waals surface area contributed by atoms with E-state index in [1.165, 1.54) is 0 Å². The summed E-state index contributed by atoms with van der Waals surface area (Å²) in [7, 11) is 0. The Morgan fingerprint density at radius 3 is 2.55 bits per heavy atom. The van der Waals surface area contributed by atoms with Gasteiger partial charge in [0.25, 0.3) is 0 Å². The Morgan fingerprint density at radius 1 is 1.45 bits per heavy atom. The summed E-state index contributed by atoms with van der Waals surface area (Å²) in [6, 6.07) is 0. The molecule has 0 aliphatic carbocycles. The van der Waals surface area contributed by atoms with E-state index in [9.17, 15) is 0 Å². The molecule has 1 unspecified atom stereocenters. The van der Waals surface area contributed by atoms with Crippen LogP contribution >= 0.6 is 0 Å². The van der Waals surface area contributed by atoms with Gasteiger partial charge in [-0.2, -0.15) is 0 Å². The number of rotatable bonds is 5. The molecule has 0 amide bonds. The zero-order valence-electron chi connectivity index (χ0n) is 6.45. The van der Waals surface area contributed by atoms with Crippen molar-refractivity contribution in [1.29, 1.82) is 0 Å². The molecule has 0 aliphatic heterocycles. The van der Waals surface area contributed by atoms with Gasteiger partial charge in [-0.3, -0.25) is 0 Å². The molecule has 0 saturated carbocycles. The van der Waals surface area contributed by atoms with Crippen molar-refractivity contribution in [2.24, 2.45) is 0 Å². The quantitative estimate of drug-likeness (QED) is 0.481. The Bertz CT molecular complexity index is 94.1. The number of aliphatic hydroxyl groups excluding tert-OH is 2. The van der Waals surface area contributed by atoms with E-state index in [4.69, 9.17) is 10.2 Å². The first kappa shape index (κ1) is 14.8. The van der Waals surface area contributed by atoms with Crippen LogP contribution in [0, 0.1) is 0 Å². The molecule has 2 N–H and O–H groups in total. The van der Waals surface area contributed by atoms with Crippen molar-refractivity contribution in [2.75, 3.05) is 6.61 Å². The average Bonchev–Trinajstić information content (AvgIpc) is 1.89. The minimum atomic E-state index is -0.323. The van der Waals surface area contributed by atoms with Gasteiger partial charge in [-0.25, -0.2) is 0 Å². The summed E-state index contributed by atoms with van der Waals surface area (Å²) in [5.41, 5.74) is 0. The van der Waals surface area contributed by atoms with E-state index >= 15 is 0 Å². The summed E-state index contributed by atoms with van der Waals surface area (Å²) in [6.45, 7) is 2.19. The molecule has 0 saturated heterocycles. The second kappa shape index (κ2) is 11.3. The van der Waals surface area contributed by atoms with E-state index in [0.717, 1.165) is 12.8 Å². The molecule has 11 heavy (non-hydrogen) atoms. The van der Waals surface area contributed by atoms with Crippen LogP contribution in [0.5, 0.6) is 0 Å². The molecule has 3 heteroatoms. The summed E-state index contributed by atoms with van der Waals surface area (Å²) in [5, 5.41) is 17.5. The standard InChI is InChI=1S/C8H16O2.K.H/c1-2-5-8(10)6-3-4-7-9;;/h3,6,8-10H,2,4-5,7H2,1H3;;. The van der Waals surface area contributed by atoms with Crippen LogP contribution in [-0.2, 0) is 0 Å². The van der Waals surface area contributed by atoms with E-state index in [1.807, 2.05) is 6.92 Å². The van der Waals surface area contributed by atoms with Crippen molar-refractivity contribution >= 4 is 51.4 Å². The molecule has 0 aliphatic rings. The van der Waals surface area contributed by atoms with Gasteiger partial charge in [-0.1, -0.05) is 25.5 Å². The molecule has 0 heterocycles. The third-order valence-electron chi connectivity index (χ3n) is 1.24. The molecule has 2 nitrogen and oxygen atoms in total. The van der Waals surface area contributed by atoms with Gasteiger partial charge in [0.15, 0.2) is 0 Å². The Kier molecular flexibility index (Phi) is 15.2. The second-order valence-electron chi connectivity index (χ2n) is 2.30. The van der Waals surface area contributed by atoms with Gasteiger partial charge in [0, 0.05) is 6.61 Å². The van der Waals surface area contributed by atoms with Crippen molar-refractivity contribution in [3.05, 3.63) is 12.2 Å². The Morgan fingerprint density at radius 2 is 2.09 bits per heavy atom. The van der Waals surface area contributed by atoms with Crippen LogP contribution in [0.3, 0.4) is 0 Å². The van der Waals surface area contributed by atoms with Crippen molar-refractivity contribution in [3.63, 3.8) is 0 Å². The van der Waals surface area contributed by atoms with E-state index in [-0.39, 0.29) is 64.1 Å². The molecule has 0 rings (SSSR count). The molecule has 1 atom stereocenters. The van der Waals surface area contributed by atoms with Crippen LogP contribution in [0.2, 0.25) is 0 Å². The van der Waals surface area contributed by atoms with Gasteiger partial charge in [0.1, 0.15) is 0 Å². The van der Waals surface area contributed by atoms with E-state index < -0.39 is 0 Å². The molecule has 0 fully saturated rings. The van der Waals surface area contributed by atoms with Crippen molar-refractivity contribution in [3.8, 4) is 0 Å². The van der Waals surface area contributed by atoms with Crippen LogP contribution in [0.25, 0.3) is 0 Å². The number of hydrogen-bond donors (Lipinski definition) is 2. The number of aliphatic hydroxyl groups is 2. The van der Waals surface area contributed by atoms with E-state index in [0.29, 0.717) is 6.42 Å². The van der Waals surface area contributed by atoms with Crippen LogP contribution in [0.4, 0.5) is 0 Å². The molecule has 0 aromatic heterocycles. The van der Waals surface area contributed by atoms with E-state index in [1.54, 1.807) is 12.2 Å². The SMILES string of the molecule is CCCC(O)C=CCCO.[KH]. The molecule has 0 spiro atoms. The Labute approximate surface area is 111 Å². The fourth-order valence-corrected chi connectivity index (χ4v) is 0.720. The fraction of sp³-hybridized carbons (Fsp3) is 0.750. The van der Waals surface area contributed by atoms with Crippen molar-refractivity contribution in [2.45, 2.75) is 32.3 Å². The monoisotopic (exact) mass is 184 g/mol. The Balaban J connectivity index is 0.